The van der Waals surface area contributed by atoms with Crippen LogP contribution < -0.4 is 52.2 Å². The molecule has 320 valence electrons. The predicted octanol–water partition coefficient (Wildman–Crippen LogP) is 11.2. The molecule has 0 saturated heterocycles. The van der Waals surface area contributed by atoms with Crippen molar-refractivity contribution in [2.75, 3.05) is 0 Å². The molecule has 0 unspecified atom stereocenters. The number of hydrogen-bond donors (Lipinski definition) is 0. The molecule has 0 fully saturated rings. The molecule has 0 nitrogen and oxygen atoms in total. The van der Waals surface area contributed by atoms with Crippen molar-refractivity contribution >= 4 is 168 Å². The number of rotatable bonds is 0. The van der Waals surface area contributed by atoms with Gasteiger partial charge in [-0.2, -0.15) is 0 Å². The van der Waals surface area contributed by atoms with Gasteiger partial charge in [0.05, 0.1) is 0 Å². The maximum atomic E-state index is 2.55. The summed E-state index contributed by atoms with van der Waals surface area (Å²) >= 11 is 0. The van der Waals surface area contributed by atoms with Crippen molar-refractivity contribution in [2.45, 2.75) is 69.2 Å². The molecule has 0 aliphatic heterocycles. The lowest BCUT2D eigenvalue weighted by molar-refractivity contribution is 1.57. The molecule has 0 heterocycles. The summed E-state index contributed by atoms with van der Waals surface area (Å²) < 4.78 is 0. The fraction of sp³-hybridized carbons (Fsp3) is 0.152. The Kier molecular flexibility index (Phi) is 9.86. The first kappa shape index (κ1) is 41.4. The molecular weight excluding hydrogens is 793 g/mol. The first-order chi connectivity index (χ1) is 32.3. The summed E-state index contributed by atoms with van der Waals surface area (Å²) in [5, 5.41) is 38.9. The molecule has 0 N–H and O–H groups in total. The minimum atomic E-state index is 1.29. The first-order valence-electron chi connectivity index (χ1n) is 23.9. The van der Waals surface area contributed by atoms with E-state index in [0.717, 1.165) is 0 Å². The van der Waals surface area contributed by atoms with Crippen molar-refractivity contribution in [1.29, 1.82) is 0 Å². The topological polar surface area (TPSA) is 0 Å². The predicted molar refractivity (Wildman–Crippen MR) is 299 cm³/mol. The van der Waals surface area contributed by atoms with E-state index in [1.807, 2.05) is 0 Å². The Morgan fingerprint density at radius 1 is 0.167 bits per heavy atom. The third kappa shape index (κ3) is 5.51. The molecule has 0 aromatic heterocycles. The number of benzene rings is 11. The molecule has 11 aromatic rings. The normalized spacial score (nSPS) is 15.7. The highest BCUT2D eigenvalue weighted by Gasteiger charge is 2.17. The lowest BCUT2D eigenvalue weighted by Gasteiger charge is -2.17. The van der Waals surface area contributed by atoms with Gasteiger partial charge in [0, 0.05) is 0 Å². The van der Waals surface area contributed by atoms with Crippen molar-refractivity contribution in [1.82, 2.24) is 0 Å². The summed E-state index contributed by atoms with van der Waals surface area (Å²) in [6, 6.07) is 38.1. The van der Waals surface area contributed by atoms with Crippen LogP contribution in [0.4, 0.5) is 0 Å². The van der Waals surface area contributed by atoms with E-state index in [0.29, 0.717) is 0 Å². The Balaban J connectivity index is 1.41. The Labute approximate surface area is 385 Å². The zero-order valence-corrected chi connectivity index (χ0v) is 40.0. The summed E-state index contributed by atoms with van der Waals surface area (Å²) in [6.07, 6.45) is 23.1. The van der Waals surface area contributed by atoms with Crippen LogP contribution in [0, 0.1) is 0 Å². The standard InChI is InChI=1S/C66H56/c1-11-37-39(13-3)51-29-53-41(15-5)43(17-7)55-31-57-45(19-9)46(20-10)58-32-56-44(18-8)42(16-6)54-30-52-40(14-4)38(12-2)48-26-22-24-28-50(48)60(52)34-62(54)64(56)36-66(58)65(57)35-63(55)61(53)33-59(51)49-27-23-21-25-47(37)49/h11-36H,1-10H3. The van der Waals surface area contributed by atoms with Crippen LogP contribution in [0.15, 0.2) is 97.1 Å². The zero-order chi connectivity index (χ0) is 45.7. The average molecular weight is 849 g/mol. The first-order valence-corrected chi connectivity index (χ1v) is 23.9. The van der Waals surface area contributed by atoms with Crippen LogP contribution in [0.25, 0.3) is 168 Å². The van der Waals surface area contributed by atoms with Gasteiger partial charge in [-0.3, -0.25) is 0 Å². The Morgan fingerprint density at radius 2 is 0.303 bits per heavy atom. The van der Waals surface area contributed by atoms with E-state index in [1.54, 1.807) is 0 Å². The second-order valence-corrected chi connectivity index (χ2v) is 17.9. The quantitative estimate of drug-likeness (QED) is 0.105. The largest absolute Gasteiger partial charge is 0.0791 e. The molecule has 0 radical (unpaired) electrons. The van der Waals surface area contributed by atoms with Gasteiger partial charge in [-0.1, -0.05) is 109 Å². The fourth-order valence-corrected chi connectivity index (χ4v) is 12.4. The van der Waals surface area contributed by atoms with Crippen LogP contribution >= 0.6 is 0 Å². The van der Waals surface area contributed by atoms with Gasteiger partial charge in [0.15, 0.2) is 0 Å². The minimum Gasteiger partial charge on any atom is -0.0791 e. The third-order valence-electron chi connectivity index (χ3n) is 15.2. The van der Waals surface area contributed by atoms with Crippen molar-refractivity contribution < 1.29 is 0 Å². The van der Waals surface area contributed by atoms with Crippen LogP contribution in [0.2, 0.25) is 0 Å². The van der Waals surface area contributed by atoms with E-state index in [-0.39, 0.29) is 0 Å². The van der Waals surface area contributed by atoms with Crippen molar-refractivity contribution in [3.8, 4) is 0 Å². The average Bonchev–Trinajstić information content (AvgIpc) is 3.36. The molecule has 0 aliphatic carbocycles. The monoisotopic (exact) mass is 848 g/mol. The minimum absolute atomic E-state index is 1.29. The van der Waals surface area contributed by atoms with Gasteiger partial charge in [-0.15, -0.1) is 0 Å². The van der Waals surface area contributed by atoms with Crippen LogP contribution in [-0.4, -0.2) is 0 Å². The second-order valence-electron chi connectivity index (χ2n) is 17.9. The zero-order valence-electron chi connectivity index (χ0n) is 40.0. The molecule has 0 spiro atoms. The molecule has 0 aliphatic rings. The van der Waals surface area contributed by atoms with Gasteiger partial charge in [-0.05, 0) is 278 Å². The Morgan fingerprint density at radius 3 is 0.485 bits per heavy atom. The molecule has 0 saturated carbocycles. The lowest BCUT2D eigenvalue weighted by atomic mass is 9.86. The number of hydrogen-bond acceptors (Lipinski definition) is 0. The van der Waals surface area contributed by atoms with E-state index in [9.17, 15) is 0 Å². The van der Waals surface area contributed by atoms with E-state index in [1.165, 1.54) is 160 Å². The van der Waals surface area contributed by atoms with Crippen LogP contribution in [0.3, 0.4) is 0 Å². The lowest BCUT2D eigenvalue weighted by Crippen LogP contribution is -2.30. The van der Waals surface area contributed by atoms with Gasteiger partial charge in [0.25, 0.3) is 0 Å². The maximum absolute atomic E-state index is 2.55. The summed E-state index contributed by atoms with van der Waals surface area (Å²) in [4.78, 5) is 0. The van der Waals surface area contributed by atoms with E-state index < -0.39 is 0 Å². The molecule has 11 rings (SSSR count). The van der Waals surface area contributed by atoms with E-state index >= 15 is 0 Å². The van der Waals surface area contributed by atoms with Crippen molar-refractivity contribution in [3.63, 3.8) is 0 Å². The second kappa shape index (κ2) is 15.7. The smallest absolute Gasteiger partial charge is 0.00922 e. The molecule has 0 bridgehead atoms. The highest BCUT2D eigenvalue weighted by molar-refractivity contribution is 6.25. The van der Waals surface area contributed by atoms with Crippen molar-refractivity contribution in [3.05, 3.63) is 149 Å². The summed E-state index contributed by atoms with van der Waals surface area (Å²) in [5.41, 5.74) is 0. The molecular formula is C66H56. The van der Waals surface area contributed by atoms with Gasteiger partial charge in [0.2, 0.25) is 0 Å². The SMILES string of the molecule is CC=c1c(=CC)c2cc3c(=CC)c(=CC)c4cc5c(=CC)c(=CC)c6cc7c(=CC)c(=CC)c8cc9c(=CC)c(=CC)c%10ccccc%10c9cc8c7cc6c5cc4c3cc2c2ccccc12. The molecule has 66 heavy (non-hydrogen) atoms. The number of fused-ring (bicyclic) bond motifs is 15. The molecule has 0 heteroatoms. The highest BCUT2D eigenvalue weighted by Crippen LogP contribution is 2.35. The Hall–Kier alpha value is -7.28. The van der Waals surface area contributed by atoms with Crippen LogP contribution in [0.1, 0.15) is 69.2 Å². The summed E-state index contributed by atoms with van der Waals surface area (Å²) in [5.74, 6) is 0. The van der Waals surface area contributed by atoms with Crippen LogP contribution in [-0.2, 0) is 0 Å². The fourth-order valence-electron chi connectivity index (χ4n) is 12.4. The Bertz CT molecular complexity index is 4410. The summed E-state index contributed by atoms with van der Waals surface area (Å²) in [7, 11) is 0. The molecule has 11 aromatic carbocycles. The van der Waals surface area contributed by atoms with Gasteiger partial charge >= 0.3 is 0 Å². The molecule has 0 amide bonds. The highest BCUT2D eigenvalue weighted by atomic mass is 14.2. The molecule has 0 atom stereocenters. The maximum Gasteiger partial charge on any atom is -0.00922 e. The van der Waals surface area contributed by atoms with E-state index in [2.05, 4.69) is 227 Å². The third-order valence-corrected chi connectivity index (χ3v) is 15.2. The van der Waals surface area contributed by atoms with Gasteiger partial charge in [-0.25, -0.2) is 0 Å². The van der Waals surface area contributed by atoms with Gasteiger partial charge in [0.1, 0.15) is 0 Å². The summed E-state index contributed by atoms with van der Waals surface area (Å²) in [6.45, 7) is 21.9. The van der Waals surface area contributed by atoms with Crippen molar-refractivity contribution in [2.24, 2.45) is 0 Å². The van der Waals surface area contributed by atoms with Crippen LogP contribution in [0.5, 0.6) is 0 Å². The van der Waals surface area contributed by atoms with E-state index in [4.69, 9.17) is 0 Å². The van der Waals surface area contributed by atoms with Gasteiger partial charge < -0.3 is 0 Å².